The molecule has 0 bridgehead atoms. The van der Waals surface area contributed by atoms with E-state index in [-0.39, 0.29) is 11.9 Å². The summed E-state index contributed by atoms with van der Waals surface area (Å²) in [4.78, 5) is 14.8. The maximum absolute atomic E-state index is 12.4. The molecule has 2 heterocycles. The topological polar surface area (TPSA) is 62.2 Å². The highest BCUT2D eigenvalue weighted by Gasteiger charge is 2.20. The molecule has 6 heteroatoms. The molecule has 6 nitrogen and oxygen atoms in total. The fraction of sp³-hybridized carbons (Fsp3) is 0.444. The number of nitrogens with zero attached hydrogens (tertiary/aromatic N) is 3. The van der Waals surface area contributed by atoms with Gasteiger partial charge in [0, 0.05) is 45.0 Å². The quantitative estimate of drug-likeness (QED) is 0.826. The normalized spacial score (nSPS) is 15.8. The van der Waals surface area contributed by atoms with Crippen LogP contribution >= 0.6 is 0 Å². The molecule has 0 radical (unpaired) electrons. The summed E-state index contributed by atoms with van der Waals surface area (Å²) < 4.78 is 1.71. The Labute approximate surface area is 142 Å². The zero-order chi connectivity index (χ0) is 16.9. The highest BCUT2D eigenvalue weighted by molar-refractivity contribution is 5.83. The summed E-state index contributed by atoms with van der Waals surface area (Å²) in [5.41, 5.74) is 3.73. The van der Waals surface area contributed by atoms with Crippen molar-refractivity contribution in [3.63, 3.8) is 0 Å². The number of rotatable bonds is 6. The van der Waals surface area contributed by atoms with E-state index in [1.54, 1.807) is 17.9 Å². The van der Waals surface area contributed by atoms with Crippen LogP contribution in [0.1, 0.15) is 22.7 Å². The van der Waals surface area contributed by atoms with Gasteiger partial charge in [-0.2, -0.15) is 5.10 Å². The van der Waals surface area contributed by atoms with Gasteiger partial charge < -0.3 is 10.6 Å². The lowest BCUT2D eigenvalue weighted by Gasteiger charge is -2.28. The molecule has 0 saturated carbocycles. The van der Waals surface area contributed by atoms with Gasteiger partial charge >= 0.3 is 0 Å². The molecule has 1 amide bonds. The van der Waals surface area contributed by atoms with E-state index in [1.807, 2.05) is 13.2 Å². The number of likely N-dealkylation sites (N-methyl/N-ethyl adjacent to an activating group) is 1. The Morgan fingerprint density at radius 2 is 2.12 bits per heavy atom. The van der Waals surface area contributed by atoms with Crippen LogP contribution in [0.3, 0.4) is 0 Å². The van der Waals surface area contributed by atoms with Crippen LogP contribution < -0.4 is 10.6 Å². The molecule has 24 heavy (non-hydrogen) atoms. The number of hydrogen-bond acceptors (Lipinski definition) is 4. The lowest BCUT2D eigenvalue weighted by atomic mass is 10.00. The van der Waals surface area contributed by atoms with Gasteiger partial charge in [0.05, 0.1) is 6.20 Å². The molecule has 128 valence electrons. The van der Waals surface area contributed by atoms with Gasteiger partial charge in [-0.3, -0.25) is 14.4 Å². The number of hydrogen-bond donors (Lipinski definition) is 2. The number of carbonyl (C=O) groups excluding carboxylic acids is 1. The van der Waals surface area contributed by atoms with Crippen LogP contribution in [0.4, 0.5) is 0 Å². The Kier molecular flexibility index (Phi) is 5.27. The molecule has 1 aliphatic rings. The number of aromatic nitrogens is 2. The number of fused-ring (bicyclic) bond motifs is 1. The SMILES string of the molecule is CNC(C(=O)NCCN1CCc2ccccc2C1)c1cnn(C)c1. The molecule has 1 unspecified atom stereocenters. The van der Waals surface area contributed by atoms with Crippen molar-refractivity contribution in [3.8, 4) is 0 Å². The van der Waals surface area contributed by atoms with Gasteiger partial charge in [-0.15, -0.1) is 0 Å². The molecular weight excluding hydrogens is 302 g/mol. The number of carbonyl (C=O) groups is 1. The Bertz CT molecular complexity index is 696. The highest BCUT2D eigenvalue weighted by Crippen LogP contribution is 2.18. The predicted octanol–water partition coefficient (Wildman–Crippen LogP) is 0.855. The van der Waals surface area contributed by atoms with Crippen LogP contribution in [-0.2, 0) is 24.8 Å². The predicted molar refractivity (Wildman–Crippen MR) is 93.4 cm³/mol. The summed E-state index contributed by atoms with van der Waals surface area (Å²) in [6.07, 6.45) is 4.67. The monoisotopic (exact) mass is 327 g/mol. The summed E-state index contributed by atoms with van der Waals surface area (Å²) >= 11 is 0. The second-order valence-corrected chi connectivity index (χ2v) is 6.25. The maximum atomic E-state index is 12.4. The van der Waals surface area contributed by atoms with Crippen LogP contribution in [0.5, 0.6) is 0 Å². The lowest BCUT2D eigenvalue weighted by molar-refractivity contribution is -0.123. The first kappa shape index (κ1) is 16.7. The van der Waals surface area contributed by atoms with E-state index in [0.717, 1.165) is 31.6 Å². The average molecular weight is 327 g/mol. The summed E-state index contributed by atoms with van der Waals surface area (Å²) in [7, 11) is 3.64. The zero-order valence-corrected chi connectivity index (χ0v) is 14.3. The van der Waals surface area contributed by atoms with Crippen molar-refractivity contribution in [1.29, 1.82) is 0 Å². The van der Waals surface area contributed by atoms with Crippen molar-refractivity contribution in [1.82, 2.24) is 25.3 Å². The van der Waals surface area contributed by atoms with Crippen molar-refractivity contribution in [3.05, 3.63) is 53.3 Å². The van der Waals surface area contributed by atoms with E-state index < -0.39 is 0 Å². The summed E-state index contributed by atoms with van der Waals surface area (Å²) in [5.74, 6) is -0.0112. The lowest BCUT2D eigenvalue weighted by Crippen LogP contribution is -2.41. The van der Waals surface area contributed by atoms with Gasteiger partial charge in [-0.05, 0) is 24.6 Å². The molecule has 3 rings (SSSR count). The third kappa shape index (κ3) is 3.83. The second-order valence-electron chi connectivity index (χ2n) is 6.25. The fourth-order valence-electron chi connectivity index (χ4n) is 3.22. The molecule has 0 spiro atoms. The largest absolute Gasteiger partial charge is 0.353 e. The summed E-state index contributed by atoms with van der Waals surface area (Å²) in [5, 5.41) is 10.2. The van der Waals surface area contributed by atoms with E-state index in [2.05, 4.69) is 44.9 Å². The molecule has 2 aromatic rings. The minimum Gasteiger partial charge on any atom is -0.353 e. The van der Waals surface area contributed by atoms with Gasteiger partial charge in [0.25, 0.3) is 0 Å². The van der Waals surface area contributed by atoms with Crippen LogP contribution in [-0.4, -0.2) is 47.3 Å². The van der Waals surface area contributed by atoms with Crippen molar-refractivity contribution in [2.45, 2.75) is 19.0 Å². The van der Waals surface area contributed by atoms with Gasteiger partial charge in [0.15, 0.2) is 0 Å². The van der Waals surface area contributed by atoms with Crippen LogP contribution in [0, 0.1) is 0 Å². The van der Waals surface area contributed by atoms with Crippen molar-refractivity contribution < 1.29 is 4.79 Å². The Morgan fingerprint density at radius 3 is 2.83 bits per heavy atom. The minimum absolute atomic E-state index is 0.0112. The van der Waals surface area contributed by atoms with E-state index in [0.29, 0.717) is 6.54 Å². The highest BCUT2D eigenvalue weighted by atomic mass is 16.2. The van der Waals surface area contributed by atoms with Gasteiger partial charge in [0.1, 0.15) is 6.04 Å². The molecule has 0 fully saturated rings. The maximum Gasteiger partial charge on any atom is 0.241 e. The average Bonchev–Trinajstić information content (AvgIpc) is 3.01. The Morgan fingerprint density at radius 1 is 1.33 bits per heavy atom. The molecular formula is C18H25N5O. The molecule has 0 saturated heterocycles. The van der Waals surface area contributed by atoms with Crippen molar-refractivity contribution in [2.24, 2.45) is 7.05 Å². The fourth-order valence-corrected chi connectivity index (χ4v) is 3.22. The van der Waals surface area contributed by atoms with E-state index in [1.165, 1.54) is 11.1 Å². The number of amides is 1. The first-order chi connectivity index (χ1) is 11.7. The van der Waals surface area contributed by atoms with Crippen LogP contribution in [0.25, 0.3) is 0 Å². The first-order valence-corrected chi connectivity index (χ1v) is 8.40. The number of aryl methyl sites for hydroxylation is 1. The van der Waals surface area contributed by atoms with Crippen molar-refractivity contribution >= 4 is 5.91 Å². The standard InChI is InChI=1S/C18H25N5O/c1-19-17(16-11-21-22(2)12-16)18(24)20-8-10-23-9-7-14-5-3-4-6-15(14)13-23/h3-6,11-12,17,19H,7-10,13H2,1-2H3,(H,20,24). The molecule has 1 aromatic carbocycles. The molecule has 1 aromatic heterocycles. The Balaban J connectivity index is 1.48. The molecule has 1 atom stereocenters. The third-order valence-corrected chi connectivity index (χ3v) is 4.55. The van der Waals surface area contributed by atoms with Crippen LogP contribution in [0.2, 0.25) is 0 Å². The van der Waals surface area contributed by atoms with Crippen molar-refractivity contribution in [2.75, 3.05) is 26.7 Å². The van der Waals surface area contributed by atoms with Crippen LogP contribution in [0.15, 0.2) is 36.7 Å². The number of nitrogens with one attached hydrogen (secondary N) is 2. The Hall–Kier alpha value is -2.18. The molecule has 2 N–H and O–H groups in total. The summed E-state index contributed by atoms with van der Waals surface area (Å²) in [6, 6.07) is 8.24. The third-order valence-electron chi connectivity index (χ3n) is 4.55. The van der Waals surface area contributed by atoms with E-state index in [9.17, 15) is 4.79 Å². The number of benzene rings is 1. The molecule has 0 aliphatic carbocycles. The van der Waals surface area contributed by atoms with E-state index >= 15 is 0 Å². The first-order valence-electron chi connectivity index (χ1n) is 8.40. The minimum atomic E-state index is -0.360. The van der Waals surface area contributed by atoms with Gasteiger partial charge in [-0.25, -0.2) is 0 Å². The summed E-state index contributed by atoms with van der Waals surface area (Å²) in [6.45, 7) is 3.53. The van der Waals surface area contributed by atoms with Gasteiger partial charge in [0.2, 0.25) is 5.91 Å². The van der Waals surface area contributed by atoms with Gasteiger partial charge in [-0.1, -0.05) is 24.3 Å². The second kappa shape index (κ2) is 7.59. The molecule has 1 aliphatic heterocycles. The van der Waals surface area contributed by atoms with E-state index in [4.69, 9.17) is 0 Å². The zero-order valence-electron chi connectivity index (χ0n) is 14.3. The smallest absolute Gasteiger partial charge is 0.241 e.